The standard InChI is InChI=1S/C69H122O6/c1-4-7-10-13-16-19-22-25-28-31-34-37-40-43-46-49-52-55-58-61-67(70)73-64-66(75-69(72)63-60-57-54-51-48-45-42-39-36-33-30-27-24-21-18-15-12-9-6-3)65-74-68(71)62-59-56-53-50-47-44-41-38-35-32-29-26-23-20-17-14-11-8-5-2/h7,10,16,19,25,28,33-34,36-37,43,46,66H,4-6,8-9,11-15,17-18,20-24,26-27,29-32,35,38-42,44-45,47-65H2,1-3H3/b10-7-,19-16-,28-25-,36-33-,37-34-,46-43-. The molecule has 0 aliphatic rings. The average molecular weight is 1050 g/mol. The van der Waals surface area contributed by atoms with Crippen LogP contribution in [-0.4, -0.2) is 37.2 Å². The van der Waals surface area contributed by atoms with Gasteiger partial charge in [0.1, 0.15) is 13.2 Å². The maximum atomic E-state index is 12.9. The predicted octanol–water partition coefficient (Wildman–Crippen LogP) is 22.1. The summed E-state index contributed by atoms with van der Waals surface area (Å²) in [7, 11) is 0. The normalized spacial score (nSPS) is 12.5. The lowest BCUT2D eigenvalue weighted by Crippen LogP contribution is -2.30. The van der Waals surface area contributed by atoms with Crippen LogP contribution in [0.1, 0.15) is 329 Å². The van der Waals surface area contributed by atoms with Crippen LogP contribution in [0.2, 0.25) is 0 Å². The van der Waals surface area contributed by atoms with Gasteiger partial charge in [0.05, 0.1) is 0 Å². The molecule has 0 aliphatic heterocycles. The maximum Gasteiger partial charge on any atom is 0.306 e. The molecule has 0 heterocycles. The van der Waals surface area contributed by atoms with Crippen LogP contribution in [0.25, 0.3) is 0 Å². The van der Waals surface area contributed by atoms with Crippen LogP contribution in [0.4, 0.5) is 0 Å². The summed E-state index contributed by atoms with van der Waals surface area (Å²) in [5.41, 5.74) is 0. The molecule has 0 saturated heterocycles. The van der Waals surface area contributed by atoms with Gasteiger partial charge in [-0.3, -0.25) is 14.4 Å². The van der Waals surface area contributed by atoms with Gasteiger partial charge in [0.2, 0.25) is 0 Å². The highest BCUT2D eigenvalue weighted by Gasteiger charge is 2.19. The molecule has 0 bridgehead atoms. The van der Waals surface area contributed by atoms with Gasteiger partial charge in [-0.2, -0.15) is 0 Å². The Balaban J connectivity index is 4.41. The number of ether oxygens (including phenoxy) is 3. The number of esters is 3. The van der Waals surface area contributed by atoms with Gasteiger partial charge in [0, 0.05) is 19.3 Å². The summed E-state index contributed by atoms with van der Waals surface area (Å²) in [5.74, 6) is -0.905. The van der Waals surface area contributed by atoms with Crippen molar-refractivity contribution in [3.8, 4) is 0 Å². The monoisotopic (exact) mass is 1050 g/mol. The highest BCUT2D eigenvalue weighted by atomic mass is 16.6. The zero-order valence-corrected chi connectivity index (χ0v) is 49.8. The molecule has 0 aromatic carbocycles. The van der Waals surface area contributed by atoms with Crippen molar-refractivity contribution < 1.29 is 28.6 Å². The molecule has 0 aromatic rings. The second-order valence-corrected chi connectivity index (χ2v) is 21.6. The number of hydrogen-bond donors (Lipinski definition) is 0. The molecule has 0 saturated carbocycles. The van der Waals surface area contributed by atoms with Crippen molar-refractivity contribution in [2.75, 3.05) is 13.2 Å². The molecule has 0 radical (unpaired) electrons. The van der Waals surface area contributed by atoms with Crippen LogP contribution >= 0.6 is 0 Å². The molecular weight excluding hydrogens is 925 g/mol. The summed E-state index contributed by atoms with van der Waals surface area (Å²) < 4.78 is 16.9. The van der Waals surface area contributed by atoms with E-state index >= 15 is 0 Å². The van der Waals surface area contributed by atoms with Gasteiger partial charge < -0.3 is 14.2 Å². The lowest BCUT2D eigenvalue weighted by molar-refractivity contribution is -0.167. The topological polar surface area (TPSA) is 78.9 Å². The second-order valence-electron chi connectivity index (χ2n) is 21.6. The Morgan fingerprint density at radius 2 is 0.520 bits per heavy atom. The van der Waals surface area contributed by atoms with Gasteiger partial charge in [0.25, 0.3) is 0 Å². The molecule has 434 valence electrons. The minimum atomic E-state index is -0.791. The van der Waals surface area contributed by atoms with Gasteiger partial charge in [0.15, 0.2) is 6.10 Å². The van der Waals surface area contributed by atoms with Crippen molar-refractivity contribution in [2.24, 2.45) is 0 Å². The van der Waals surface area contributed by atoms with Crippen molar-refractivity contribution in [2.45, 2.75) is 335 Å². The van der Waals surface area contributed by atoms with E-state index in [-0.39, 0.29) is 31.1 Å². The molecule has 0 N–H and O–H groups in total. The first-order valence-electron chi connectivity index (χ1n) is 32.4. The molecule has 6 nitrogen and oxygen atoms in total. The number of unbranched alkanes of at least 4 members (excludes halogenated alkanes) is 36. The Morgan fingerprint density at radius 1 is 0.280 bits per heavy atom. The lowest BCUT2D eigenvalue weighted by Gasteiger charge is -2.18. The smallest absolute Gasteiger partial charge is 0.306 e. The lowest BCUT2D eigenvalue weighted by atomic mass is 10.0. The fraction of sp³-hybridized carbons (Fsp3) is 0.783. The van der Waals surface area contributed by atoms with Gasteiger partial charge in [-0.15, -0.1) is 0 Å². The fourth-order valence-corrected chi connectivity index (χ4v) is 9.35. The van der Waals surface area contributed by atoms with E-state index in [1.165, 1.54) is 193 Å². The van der Waals surface area contributed by atoms with E-state index in [9.17, 15) is 14.4 Å². The highest BCUT2D eigenvalue weighted by molar-refractivity contribution is 5.71. The molecule has 1 unspecified atom stereocenters. The van der Waals surface area contributed by atoms with Crippen LogP contribution in [-0.2, 0) is 28.6 Å². The summed E-state index contributed by atoms with van der Waals surface area (Å²) in [5, 5.41) is 0. The zero-order chi connectivity index (χ0) is 54.3. The molecule has 0 rings (SSSR count). The summed E-state index contributed by atoms with van der Waals surface area (Å²) in [6, 6.07) is 0. The van der Waals surface area contributed by atoms with Gasteiger partial charge in [-0.1, -0.05) is 293 Å². The van der Waals surface area contributed by atoms with Crippen molar-refractivity contribution in [3.63, 3.8) is 0 Å². The zero-order valence-electron chi connectivity index (χ0n) is 49.8. The molecule has 75 heavy (non-hydrogen) atoms. The molecule has 0 spiro atoms. The van der Waals surface area contributed by atoms with Crippen molar-refractivity contribution in [1.29, 1.82) is 0 Å². The number of carbonyl (C=O) groups is 3. The van der Waals surface area contributed by atoms with Crippen molar-refractivity contribution in [1.82, 2.24) is 0 Å². The minimum Gasteiger partial charge on any atom is -0.462 e. The molecule has 6 heteroatoms. The van der Waals surface area contributed by atoms with E-state index in [4.69, 9.17) is 14.2 Å². The summed E-state index contributed by atoms with van der Waals surface area (Å²) in [4.78, 5) is 38.4. The third-order valence-corrected chi connectivity index (χ3v) is 14.2. The molecule has 1 atom stereocenters. The number of carbonyl (C=O) groups excluding carboxylic acids is 3. The molecular formula is C69H122O6. The molecule has 0 aliphatic carbocycles. The van der Waals surface area contributed by atoms with E-state index in [1.54, 1.807) is 0 Å². The van der Waals surface area contributed by atoms with Crippen molar-refractivity contribution in [3.05, 3.63) is 72.9 Å². The van der Waals surface area contributed by atoms with E-state index < -0.39 is 6.10 Å². The van der Waals surface area contributed by atoms with Crippen LogP contribution < -0.4 is 0 Å². The summed E-state index contributed by atoms with van der Waals surface area (Å²) in [6.07, 6.45) is 81.9. The van der Waals surface area contributed by atoms with Crippen LogP contribution in [0, 0.1) is 0 Å². The SMILES string of the molecule is CC/C=C\C/C=C\C/C=C\C/C=C\C/C=C\CCCCCC(=O)OCC(COC(=O)CCCCCCCCCCCCCCCCCCCCC)OC(=O)CCCCCCCCC/C=C\CCCCCCCCCC. The second kappa shape index (κ2) is 63.4. The molecule has 0 amide bonds. The number of allylic oxidation sites excluding steroid dienone is 12. The van der Waals surface area contributed by atoms with Gasteiger partial charge in [-0.25, -0.2) is 0 Å². The van der Waals surface area contributed by atoms with E-state index in [0.717, 1.165) is 96.3 Å². The molecule has 0 aromatic heterocycles. The Hall–Kier alpha value is -3.15. The largest absolute Gasteiger partial charge is 0.462 e. The maximum absolute atomic E-state index is 12.9. The van der Waals surface area contributed by atoms with Gasteiger partial charge in [-0.05, 0) is 89.9 Å². The first kappa shape index (κ1) is 71.8. The summed E-state index contributed by atoms with van der Waals surface area (Å²) >= 11 is 0. The van der Waals surface area contributed by atoms with E-state index in [1.807, 2.05) is 0 Å². The van der Waals surface area contributed by atoms with E-state index in [0.29, 0.717) is 19.3 Å². The minimum absolute atomic E-state index is 0.0847. The van der Waals surface area contributed by atoms with Crippen LogP contribution in [0.3, 0.4) is 0 Å². The quantitative estimate of drug-likeness (QED) is 0.0261. The summed E-state index contributed by atoms with van der Waals surface area (Å²) in [6.45, 7) is 6.54. The fourth-order valence-electron chi connectivity index (χ4n) is 9.35. The third-order valence-electron chi connectivity index (χ3n) is 14.2. The number of rotatable bonds is 59. The highest BCUT2D eigenvalue weighted by Crippen LogP contribution is 2.17. The Bertz CT molecular complexity index is 1390. The Labute approximate surface area is 465 Å². The van der Waals surface area contributed by atoms with Crippen LogP contribution in [0.5, 0.6) is 0 Å². The van der Waals surface area contributed by atoms with Crippen LogP contribution in [0.15, 0.2) is 72.9 Å². The van der Waals surface area contributed by atoms with E-state index in [2.05, 4.69) is 93.7 Å². The van der Waals surface area contributed by atoms with Gasteiger partial charge >= 0.3 is 17.9 Å². The predicted molar refractivity (Wildman–Crippen MR) is 325 cm³/mol. The first-order chi connectivity index (χ1) is 37.0. The first-order valence-corrected chi connectivity index (χ1v) is 32.4. The third kappa shape index (κ3) is 61.6. The van der Waals surface area contributed by atoms with Crippen molar-refractivity contribution >= 4 is 17.9 Å². The number of hydrogen-bond acceptors (Lipinski definition) is 6. The molecule has 0 fully saturated rings. The Kier molecular flexibility index (Phi) is 60.7. The average Bonchev–Trinajstić information content (AvgIpc) is 3.41. The Morgan fingerprint density at radius 3 is 0.840 bits per heavy atom.